The van der Waals surface area contributed by atoms with Crippen LogP contribution >= 0.6 is 11.6 Å². The van der Waals surface area contributed by atoms with Crippen molar-refractivity contribution in [2.24, 2.45) is 0 Å². The van der Waals surface area contributed by atoms with E-state index >= 15 is 0 Å². The second-order valence-electron chi connectivity index (χ2n) is 5.06. The molecule has 0 radical (unpaired) electrons. The molecule has 0 saturated carbocycles. The highest BCUT2D eigenvalue weighted by Gasteiger charge is 2.06. The Balaban J connectivity index is 2.02. The first-order chi connectivity index (χ1) is 9.70. The minimum absolute atomic E-state index is 0.440. The molecule has 2 aromatic rings. The van der Waals surface area contributed by atoms with E-state index in [9.17, 15) is 0 Å². The van der Waals surface area contributed by atoms with Crippen LogP contribution in [0, 0.1) is 0 Å². The molecule has 2 N–H and O–H groups in total. The van der Waals surface area contributed by atoms with Crippen molar-refractivity contribution < 1.29 is 0 Å². The monoisotopic (exact) mass is 291 g/mol. The molecule has 0 aliphatic rings. The molecule has 108 valence electrons. The van der Waals surface area contributed by atoms with Crippen LogP contribution in [0.3, 0.4) is 0 Å². The van der Waals surface area contributed by atoms with Gasteiger partial charge in [0.15, 0.2) is 0 Å². The lowest BCUT2D eigenvalue weighted by Gasteiger charge is -2.16. The van der Waals surface area contributed by atoms with Crippen molar-refractivity contribution in [3.63, 3.8) is 0 Å². The first-order valence-electron chi connectivity index (χ1n) is 7.22. The summed E-state index contributed by atoms with van der Waals surface area (Å²) in [5.41, 5.74) is 2.06. The van der Waals surface area contributed by atoms with E-state index in [1.165, 1.54) is 6.42 Å². The fraction of sp³-hybridized carbons (Fsp3) is 0.438. The number of rotatable bonds is 7. The Morgan fingerprint density at radius 3 is 2.95 bits per heavy atom. The molecule has 4 heteroatoms. The molecule has 0 unspecified atom stereocenters. The number of anilines is 1. The highest BCUT2D eigenvalue weighted by molar-refractivity contribution is 6.31. The fourth-order valence-corrected chi connectivity index (χ4v) is 2.46. The van der Waals surface area contributed by atoms with Gasteiger partial charge in [0.25, 0.3) is 0 Å². The average Bonchev–Trinajstić information content (AvgIpc) is 2.43. The summed E-state index contributed by atoms with van der Waals surface area (Å²) >= 11 is 6.01. The predicted molar refractivity (Wildman–Crippen MR) is 87.6 cm³/mol. The van der Waals surface area contributed by atoms with Crippen molar-refractivity contribution in [1.29, 1.82) is 0 Å². The molecule has 0 aliphatic carbocycles. The molecule has 2 rings (SSSR count). The normalized spacial score (nSPS) is 12.6. The van der Waals surface area contributed by atoms with Crippen LogP contribution in [0.4, 0.5) is 5.69 Å². The zero-order chi connectivity index (χ0) is 14.4. The Hall–Kier alpha value is -1.32. The maximum Gasteiger partial charge on any atom is 0.0737 e. The van der Waals surface area contributed by atoms with Gasteiger partial charge in [-0.1, -0.05) is 18.5 Å². The molecule has 20 heavy (non-hydrogen) atoms. The molecule has 1 atom stereocenters. The van der Waals surface area contributed by atoms with Crippen LogP contribution in [0.1, 0.15) is 26.7 Å². The quantitative estimate of drug-likeness (QED) is 0.755. The summed E-state index contributed by atoms with van der Waals surface area (Å²) in [4.78, 5) is 4.36. The minimum atomic E-state index is 0.440. The van der Waals surface area contributed by atoms with Gasteiger partial charge >= 0.3 is 0 Å². The molecule has 0 bridgehead atoms. The first kappa shape index (κ1) is 15.1. The molecule has 1 aromatic carbocycles. The zero-order valence-electron chi connectivity index (χ0n) is 12.1. The standard InChI is InChI=1S/C16H22ClN3/c1-3-18-9-4-5-12(2)20-15-8-10-19-16-11-13(17)6-7-14(15)16/h6-8,10-12,18H,3-5,9H2,1-2H3,(H,19,20)/t12-/m0/s1. The van der Waals surface area contributed by atoms with E-state index in [1.54, 1.807) is 0 Å². The molecule has 0 amide bonds. The van der Waals surface area contributed by atoms with Gasteiger partial charge < -0.3 is 10.6 Å². The van der Waals surface area contributed by atoms with Gasteiger partial charge in [0, 0.05) is 28.3 Å². The third kappa shape index (κ3) is 4.09. The van der Waals surface area contributed by atoms with Gasteiger partial charge in [-0.2, -0.15) is 0 Å². The molecule has 3 nitrogen and oxygen atoms in total. The largest absolute Gasteiger partial charge is 0.382 e. The fourth-order valence-electron chi connectivity index (χ4n) is 2.29. The van der Waals surface area contributed by atoms with Crippen LogP contribution in [-0.2, 0) is 0 Å². The van der Waals surface area contributed by atoms with Crippen LogP contribution in [0.15, 0.2) is 30.5 Å². The second kappa shape index (κ2) is 7.46. The van der Waals surface area contributed by atoms with Crippen molar-refractivity contribution in [2.45, 2.75) is 32.7 Å². The Morgan fingerprint density at radius 2 is 2.15 bits per heavy atom. The number of hydrogen-bond donors (Lipinski definition) is 2. The topological polar surface area (TPSA) is 37.0 Å². The lowest BCUT2D eigenvalue weighted by atomic mass is 10.1. The van der Waals surface area contributed by atoms with Crippen LogP contribution in [-0.4, -0.2) is 24.1 Å². The Morgan fingerprint density at radius 1 is 1.30 bits per heavy atom. The molecule has 0 aliphatic heterocycles. The van der Waals surface area contributed by atoms with Gasteiger partial charge in [-0.15, -0.1) is 0 Å². The van der Waals surface area contributed by atoms with Crippen molar-refractivity contribution in [3.05, 3.63) is 35.5 Å². The van der Waals surface area contributed by atoms with E-state index in [4.69, 9.17) is 11.6 Å². The number of nitrogens with one attached hydrogen (secondary N) is 2. The lowest BCUT2D eigenvalue weighted by molar-refractivity contribution is 0.603. The SMILES string of the molecule is CCNCCC[C@H](C)Nc1ccnc2cc(Cl)ccc12. The van der Waals surface area contributed by atoms with Gasteiger partial charge in [-0.05, 0) is 57.1 Å². The van der Waals surface area contributed by atoms with Crippen LogP contribution in [0.5, 0.6) is 0 Å². The van der Waals surface area contributed by atoms with Crippen molar-refractivity contribution in [3.8, 4) is 0 Å². The molecule has 0 spiro atoms. The van der Waals surface area contributed by atoms with Crippen molar-refractivity contribution >= 4 is 28.2 Å². The van der Waals surface area contributed by atoms with Gasteiger partial charge in [0.1, 0.15) is 0 Å². The van der Waals surface area contributed by atoms with E-state index in [0.29, 0.717) is 6.04 Å². The third-order valence-electron chi connectivity index (χ3n) is 3.35. The average molecular weight is 292 g/mol. The van der Waals surface area contributed by atoms with Crippen LogP contribution in [0.25, 0.3) is 10.9 Å². The van der Waals surface area contributed by atoms with Crippen molar-refractivity contribution in [1.82, 2.24) is 10.3 Å². The number of pyridine rings is 1. The molecule has 0 saturated heterocycles. The molecule has 1 aromatic heterocycles. The molecular weight excluding hydrogens is 270 g/mol. The molecule has 0 fully saturated rings. The zero-order valence-corrected chi connectivity index (χ0v) is 12.9. The summed E-state index contributed by atoms with van der Waals surface area (Å²) in [7, 11) is 0. The number of fused-ring (bicyclic) bond motifs is 1. The summed E-state index contributed by atoms with van der Waals surface area (Å²) in [6, 6.07) is 8.30. The second-order valence-corrected chi connectivity index (χ2v) is 5.50. The summed E-state index contributed by atoms with van der Waals surface area (Å²) in [6.45, 7) is 6.47. The summed E-state index contributed by atoms with van der Waals surface area (Å²) in [5, 5.41) is 8.77. The number of hydrogen-bond acceptors (Lipinski definition) is 3. The maximum absolute atomic E-state index is 6.01. The smallest absolute Gasteiger partial charge is 0.0737 e. The number of halogens is 1. The van der Waals surface area contributed by atoms with Crippen LogP contribution < -0.4 is 10.6 Å². The minimum Gasteiger partial charge on any atom is -0.382 e. The predicted octanol–water partition coefficient (Wildman–Crippen LogP) is 4.08. The van der Waals surface area contributed by atoms with E-state index < -0.39 is 0 Å². The van der Waals surface area contributed by atoms with E-state index in [1.807, 2.05) is 30.5 Å². The highest BCUT2D eigenvalue weighted by Crippen LogP contribution is 2.25. The van der Waals surface area contributed by atoms with E-state index in [-0.39, 0.29) is 0 Å². The highest BCUT2D eigenvalue weighted by atomic mass is 35.5. The first-order valence-corrected chi connectivity index (χ1v) is 7.60. The van der Waals surface area contributed by atoms with Crippen molar-refractivity contribution in [2.75, 3.05) is 18.4 Å². The molecular formula is C16H22ClN3. The summed E-state index contributed by atoms with van der Waals surface area (Å²) in [6.07, 6.45) is 4.15. The lowest BCUT2D eigenvalue weighted by Crippen LogP contribution is -2.19. The summed E-state index contributed by atoms with van der Waals surface area (Å²) < 4.78 is 0. The van der Waals surface area contributed by atoms with Gasteiger partial charge in [0.2, 0.25) is 0 Å². The number of aromatic nitrogens is 1. The van der Waals surface area contributed by atoms with Gasteiger partial charge in [-0.25, -0.2) is 0 Å². The Kier molecular flexibility index (Phi) is 5.62. The third-order valence-corrected chi connectivity index (χ3v) is 3.58. The van der Waals surface area contributed by atoms with E-state index in [2.05, 4.69) is 29.5 Å². The van der Waals surface area contributed by atoms with E-state index in [0.717, 1.165) is 41.1 Å². The van der Waals surface area contributed by atoms with Crippen LogP contribution in [0.2, 0.25) is 5.02 Å². The van der Waals surface area contributed by atoms with Gasteiger partial charge in [-0.3, -0.25) is 4.98 Å². The number of benzene rings is 1. The Labute approximate surface area is 125 Å². The number of nitrogens with zero attached hydrogens (tertiary/aromatic N) is 1. The Bertz CT molecular complexity index is 556. The van der Waals surface area contributed by atoms with Gasteiger partial charge in [0.05, 0.1) is 5.52 Å². The summed E-state index contributed by atoms with van der Waals surface area (Å²) in [5.74, 6) is 0. The molecule has 1 heterocycles. The maximum atomic E-state index is 6.01.